The molecule has 2 aromatic heterocycles. The summed E-state index contributed by atoms with van der Waals surface area (Å²) in [5.74, 6) is 1.10. The van der Waals surface area contributed by atoms with E-state index in [0.29, 0.717) is 11.8 Å². The first-order valence-electron chi connectivity index (χ1n) is 6.93. The van der Waals surface area contributed by atoms with Gasteiger partial charge < -0.3 is 9.13 Å². The number of aryl methyl sites for hydroxylation is 2. The highest BCUT2D eigenvalue weighted by Gasteiger charge is 2.00. The molecule has 4 heteroatoms. The third kappa shape index (κ3) is 4.89. The second kappa shape index (κ2) is 7.12. The zero-order valence-electron chi connectivity index (χ0n) is 13.0. The first-order valence-corrected chi connectivity index (χ1v) is 6.93. The van der Waals surface area contributed by atoms with Gasteiger partial charge in [-0.05, 0) is 18.8 Å². The molecule has 0 spiro atoms. The van der Waals surface area contributed by atoms with E-state index in [1.807, 2.05) is 30.5 Å². The molecule has 19 heavy (non-hydrogen) atoms. The van der Waals surface area contributed by atoms with Crippen LogP contribution < -0.4 is 0 Å². The van der Waals surface area contributed by atoms with Gasteiger partial charge in [0, 0.05) is 26.0 Å². The lowest BCUT2D eigenvalue weighted by molar-refractivity contribution is 0.757. The number of hydrogen-bond acceptors (Lipinski definition) is 2. The summed E-state index contributed by atoms with van der Waals surface area (Å²) in [6.07, 6.45) is 7.86. The fourth-order valence-corrected chi connectivity index (χ4v) is 1.58. The van der Waals surface area contributed by atoms with Crippen molar-refractivity contribution in [1.29, 1.82) is 0 Å². The zero-order valence-corrected chi connectivity index (χ0v) is 13.0. The van der Waals surface area contributed by atoms with E-state index in [-0.39, 0.29) is 0 Å². The Balaban J connectivity index is 0.000000191. The zero-order chi connectivity index (χ0) is 14.4. The molecule has 0 saturated heterocycles. The van der Waals surface area contributed by atoms with Gasteiger partial charge in [-0.1, -0.05) is 27.7 Å². The molecule has 0 fully saturated rings. The molecule has 0 saturated carbocycles. The van der Waals surface area contributed by atoms with Crippen LogP contribution in [0, 0.1) is 0 Å². The molecular formula is C15H26N4. The maximum atomic E-state index is 4.25. The van der Waals surface area contributed by atoms with E-state index in [9.17, 15) is 0 Å². The summed E-state index contributed by atoms with van der Waals surface area (Å²) in [5, 5.41) is 0. The maximum absolute atomic E-state index is 4.25. The Morgan fingerprint density at radius 2 is 1.47 bits per heavy atom. The second-order valence-corrected chi connectivity index (χ2v) is 5.40. The molecule has 0 aliphatic rings. The van der Waals surface area contributed by atoms with Gasteiger partial charge in [0.2, 0.25) is 0 Å². The molecule has 106 valence electrons. The van der Waals surface area contributed by atoms with Gasteiger partial charge in [0.25, 0.3) is 0 Å². The third-order valence-electron chi connectivity index (χ3n) is 2.93. The second-order valence-electron chi connectivity index (χ2n) is 5.40. The summed E-state index contributed by atoms with van der Waals surface area (Å²) in [7, 11) is 1.98. The molecule has 0 aliphatic carbocycles. The van der Waals surface area contributed by atoms with Crippen LogP contribution in [0.15, 0.2) is 25.0 Å². The van der Waals surface area contributed by atoms with Crippen LogP contribution in [0.2, 0.25) is 0 Å². The van der Waals surface area contributed by atoms with Crippen molar-refractivity contribution in [2.75, 3.05) is 0 Å². The van der Waals surface area contributed by atoms with Gasteiger partial charge in [-0.3, -0.25) is 0 Å². The van der Waals surface area contributed by atoms with Crippen molar-refractivity contribution >= 4 is 0 Å². The van der Waals surface area contributed by atoms with Crippen LogP contribution in [0.1, 0.15) is 57.8 Å². The number of imidazole rings is 2. The monoisotopic (exact) mass is 262 g/mol. The van der Waals surface area contributed by atoms with Crippen molar-refractivity contribution in [3.05, 3.63) is 36.4 Å². The van der Waals surface area contributed by atoms with Crippen molar-refractivity contribution < 1.29 is 0 Å². The first-order chi connectivity index (χ1) is 8.93. The average molecular weight is 262 g/mol. The largest absolute Gasteiger partial charge is 0.340 e. The molecule has 2 heterocycles. The predicted molar refractivity (Wildman–Crippen MR) is 79.3 cm³/mol. The lowest BCUT2D eigenvalue weighted by Crippen LogP contribution is -1.88. The lowest BCUT2D eigenvalue weighted by atomic mass is 10.2. The van der Waals surface area contributed by atoms with Crippen LogP contribution >= 0.6 is 0 Å². The molecule has 0 bridgehead atoms. The van der Waals surface area contributed by atoms with Gasteiger partial charge in [0.05, 0.1) is 24.0 Å². The summed E-state index contributed by atoms with van der Waals surface area (Å²) in [6.45, 7) is 11.7. The Kier molecular flexibility index (Phi) is 5.80. The molecule has 2 aromatic rings. The van der Waals surface area contributed by atoms with E-state index in [4.69, 9.17) is 0 Å². The summed E-state index contributed by atoms with van der Waals surface area (Å²) < 4.78 is 4.06. The highest BCUT2D eigenvalue weighted by Crippen LogP contribution is 2.10. The van der Waals surface area contributed by atoms with Crippen LogP contribution in [-0.4, -0.2) is 19.1 Å². The normalized spacial score (nSPS) is 10.7. The Labute approximate surface area is 116 Å². The van der Waals surface area contributed by atoms with Crippen molar-refractivity contribution in [2.24, 2.45) is 7.05 Å². The molecule has 2 rings (SSSR count). The number of rotatable bonds is 3. The SMILES string of the molecule is CC(C)c1cn(C)cn1.CCn1cnc(C(C)C)c1. The van der Waals surface area contributed by atoms with Gasteiger partial charge in [0.1, 0.15) is 0 Å². The predicted octanol–water partition coefficient (Wildman–Crippen LogP) is 3.57. The van der Waals surface area contributed by atoms with Gasteiger partial charge in [-0.15, -0.1) is 0 Å². The fraction of sp³-hybridized carbons (Fsp3) is 0.600. The van der Waals surface area contributed by atoms with E-state index in [0.717, 1.165) is 12.2 Å². The quantitative estimate of drug-likeness (QED) is 0.847. The molecule has 0 atom stereocenters. The van der Waals surface area contributed by atoms with E-state index >= 15 is 0 Å². The van der Waals surface area contributed by atoms with Crippen LogP contribution in [0.3, 0.4) is 0 Å². The topological polar surface area (TPSA) is 35.6 Å². The number of hydrogen-bond donors (Lipinski definition) is 0. The van der Waals surface area contributed by atoms with E-state index in [1.54, 1.807) is 0 Å². The van der Waals surface area contributed by atoms with Crippen LogP contribution in [0.4, 0.5) is 0 Å². The average Bonchev–Trinajstić information content (AvgIpc) is 2.97. The van der Waals surface area contributed by atoms with Gasteiger partial charge in [0.15, 0.2) is 0 Å². The molecule has 0 radical (unpaired) electrons. The van der Waals surface area contributed by atoms with E-state index in [2.05, 4.69) is 55.4 Å². The third-order valence-corrected chi connectivity index (χ3v) is 2.93. The molecule has 0 aromatic carbocycles. The summed E-state index contributed by atoms with van der Waals surface area (Å²) in [6, 6.07) is 0. The van der Waals surface area contributed by atoms with Gasteiger partial charge >= 0.3 is 0 Å². The maximum Gasteiger partial charge on any atom is 0.0949 e. The summed E-state index contributed by atoms with van der Waals surface area (Å²) in [5.41, 5.74) is 2.35. The number of aromatic nitrogens is 4. The lowest BCUT2D eigenvalue weighted by Gasteiger charge is -1.96. The van der Waals surface area contributed by atoms with Crippen LogP contribution in [-0.2, 0) is 13.6 Å². The highest BCUT2D eigenvalue weighted by molar-refractivity contribution is 5.01. The Hall–Kier alpha value is -1.58. The fourth-order valence-electron chi connectivity index (χ4n) is 1.58. The van der Waals surface area contributed by atoms with Crippen LogP contribution in [0.5, 0.6) is 0 Å². The minimum absolute atomic E-state index is 0.547. The molecule has 0 aliphatic heterocycles. The molecular weight excluding hydrogens is 236 g/mol. The molecule has 0 amide bonds. The van der Waals surface area contributed by atoms with Crippen molar-refractivity contribution in [2.45, 2.75) is 53.0 Å². The Morgan fingerprint density at radius 3 is 1.74 bits per heavy atom. The first kappa shape index (κ1) is 15.5. The summed E-state index contributed by atoms with van der Waals surface area (Å²) >= 11 is 0. The molecule has 0 unspecified atom stereocenters. The Morgan fingerprint density at radius 1 is 0.947 bits per heavy atom. The van der Waals surface area contributed by atoms with Crippen molar-refractivity contribution in [3.63, 3.8) is 0 Å². The standard InChI is InChI=1S/C8H14N2.C7H12N2/c1-4-10-5-8(7(2)3)9-6-10;1-6(2)7-4-9(3)5-8-7/h5-7H,4H2,1-3H3;4-6H,1-3H3. The highest BCUT2D eigenvalue weighted by atomic mass is 15.0. The van der Waals surface area contributed by atoms with Gasteiger partial charge in [-0.25, -0.2) is 9.97 Å². The van der Waals surface area contributed by atoms with E-state index < -0.39 is 0 Å². The number of nitrogens with zero attached hydrogens (tertiary/aromatic N) is 4. The minimum atomic E-state index is 0.547. The summed E-state index contributed by atoms with van der Waals surface area (Å²) in [4.78, 5) is 8.43. The Bertz CT molecular complexity index is 480. The van der Waals surface area contributed by atoms with Gasteiger partial charge in [-0.2, -0.15) is 0 Å². The molecule has 0 N–H and O–H groups in total. The molecule has 4 nitrogen and oxygen atoms in total. The van der Waals surface area contributed by atoms with Crippen molar-refractivity contribution in [3.8, 4) is 0 Å². The van der Waals surface area contributed by atoms with Crippen molar-refractivity contribution in [1.82, 2.24) is 19.1 Å². The van der Waals surface area contributed by atoms with E-state index in [1.165, 1.54) is 5.69 Å². The van der Waals surface area contributed by atoms with Crippen LogP contribution in [0.25, 0.3) is 0 Å². The smallest absolute Gasteiger partial charge is 0.0949 e. The minimum Gasteiger partial charge on any atom is -0.340 e.